The number of methoxy groups -OCH3 is 2. The summed E-state index contributed by atoms with van der Waals surface area (Å²) < 4.78 is 40.2. The highest BCUT2D eigenvalue weighted by molar-refractivity contribution is 7.18. The number of aryl methyl sites for hydroxylation is 2. The van der Waals surface area contributed by atoms with E-state index in [1.54, 1.807) is 0 Å². The van der Waals surface area contributed by atoms with E-state index in [2.05, 4.69) is 14.7 Å². The number of nitrogens with zero attached hydrogens (tertiary/aromatic N) is 1. The summed E-state index contributed by atoms with van der Waals surface area (Å²) >= 11 is 7.94. The van der Waals surface area contributed by atoms with Gasteiger partial charge in [-0.05, 0) is 48.6 Å². The molecule has 158 valence electrons. The number of thiophene rings is 1. The van der Waals surface area contributed by atoms with Crippen LogP contribution in [0, 0.1) is 0 Å². The van der Waals surface area contributed by atoms with Gasteiger partial charge in [0.05, 0.1) is 24.6 Å². The van der Waals surface area contributed by atoms with Crippen LogP contribution in [0.25, 0.3) is 21.3 Å². The number of halogens is 3. The molecule has 2 aromatic heterocycles. The molecule has 0 radical (unpaired) electrons. The zero-order chi connectivity index (χ0) is 21.4. The number of hydrogen-bond acceptors (Lipinski definition) is 6. The van der Waals surface area contributed by atoms with E-state index < -0.39 is 6.61 Å². The number of ether oxygens (including phenoxy) is 3. The van der Waals surface area contributed by atoms with E-state index in [0.29, 0.717) is 15.8 Å². The Labute approximate surface area is 179 Å². The number of aromatic nitrogens is 2. The third-order valence-corrected chi connectivity index (χ3v) is 6.26. The molecule has 0 unspecified atom stereocenters. The van der Waals surface area contributed by atoms with Crippen molar-refractivity contribution in [3.8, 4) is 17.2 Å². The van der Waals surface area contributed by atoms with Crippen LogP contribution < -0.4 is 19.8 Å². The van der Waals surface area contributed by atoms with Gasteiger partial charge in [0.2, 0.25) is 5.75 Å². The van der Waals surface area contributed by atoms with Crippen LogP contribution in [-0.4, -0.2) is 30.8 Å². The number of nitrogens with one attached hydrogen (secondary N) is 1. The summed E-state index contributed by atoms with van der Waals surface area (Å²) in [7, 11) is 2.65. The first-order valence-electron chi connectivity index (χ1n) is 9.04. The van der Waals surface area contributed by atoms with Gasteiger partial charge in [-0.15, -0.1) is 11.3 Å². The number of benzene rings is 1. The Morgan fingerprint density at radius 2 is 1.97 bits per heavy atom. The van der Waals surface area contributed by atoms with Crippen molar-refractivity contribution in [1.29, 1.82) is 0 Å². The fourth-order valence-corrected chi connectivity index (χ4v) is 5.00. The van der Waals surface area contributed by atoms with E-state index in [4.69, 9.17) is 21.1 Å². The normalized spacial score (nSPS) is 13.7. The number of fused-ring (bicyclic) bond motifs is 3. The number of H-pyrrole nitrogens is 1. The Kier molecular flexibility index (Phi) is 5.66. The topological polar surface area (TPSA) is 73.4 Å². The number of aromatic amines is 1. The van der Waals surface area contributed by atoms with Gasteiger partial charge in [0.15, 0.2) is 17.3 Å². The van der Waals surface area contributed by atoms with Crippen LogP contribution in [0.2, 0.25) is 0 Å². The van der Waals surface area contributed by atoms with Gasteiger partial charge < -0.3 is 19.2 Å². The lowest BCUT2D eigenvalue weighted by Gasteiger charge is -2.14. The molecule has 0 saturated heterocycles. The van der Waals surface area contributed by atoms with Crippen molar-refractivity contribution < 1.29 is 23.0 Å². The standard InChI is InChI=1S/C20H17ClF2N2O4S/c1-27-12-7-9(8-13(28-2)16(12)29-20(22)23)6-11(21)17-24-18(26)15-10-4-3-5-14(10)30-19(15)25-17/h6-8,20H,3-5H2,1-2H3,(H,24,25,26)/b11-6-. The van der Waals surface area contributed by atoms with Crippen LogP contribution in [0.5, 0.6) is 17.2 Å². The first-order chi connectivity index (χ1) is 14.4. The third kappa shape index (κ3) is 3.75. The monoisotopic (exact) mass is 454 g/mol. The van der Waals surface area contributed by atoms with Crippen molar-refractivity contribution in [2.75, 3.05) is 14.2 Å². The Hall–Kier alpha value is -2.65. The second-order valence-electron chi connectivity index (χ2n) is 6.58. The first-order valence-corrected chi connectivity index (χ1v) is 10.2. The molecular weight excluding hydrogens is 438 g/mol. The van der Waals surface area contributed by atoms with Crippen LogP contribution in [-0.2, 0) is 12.8 Å². The SMILES string of the molecule is COc1cc(/C=C(\Cl)c2nc3sc4c(c3c(=O)[nH]2)CCC4)cc(OC)c1OC(F)F. The molecule has 3 aromatic rings. The van der Waals surface area contributed by atoms with E-state index in [1.807, 2.05) is 0 Å². The summed E-state index contributed by atoms with van der Waals surface area (Å²) in [6.45, 7) is -3.04. The van der Waals surface area contributed by atoms with Gasteiger partial charge in [0.25, 0.3) is 5.56 Å². The van der Waals surface area contributed by atoms with E-state index in [1.165, 1.54) is 48.6 Å². The van der Waals surface area contributed by atoms with Gasteiger partial charge in [-0.2, -0.15) is 8.78 Å². The Balaban J connectivity index is 1.75. The quantitative estimate of drug-likeness (QED) is 0.577. The lowest BCUT2D eigenvalue weighted by molar-refractivity contribution is -0.0526. The van der Waals surface area contributed by atoms with E-state index >= 15 is 0 Å². The van der Waals surface area contributed by atoms with Gasteiger partial charge in [-0.1, -0.05) is 11.6 Å². The second-order valence-corrected chi connectivity index (χ2v) is 8.07. The van der Waals surface area contributed by atoms with Crippen molar-refractivity contribution in [2.24, 2.45) is 0 Å². The molecular formula is C20H17ClF2N2O4S. The molecule has 10 heteroatoms. The van der Waals surface area contributed by atoms with E-state index in [0.717, 1.165) is 24.8 Å². The van der Waals surface area contributed by atoms with Crippen molar-refractivity contribution in [2.45, 2.75) is 25.9 Å². The summed E-state index contributed by atoms with van der Waals surface area (Å²) in [5, 5.41) is 0.812. The highest BCUT2D eigenvalue weighted by Crippen LogP contribution is 2.40. The zero-order valence-electron chi connectivity index (χ0n) is 16.1. The average Bonchev–Trinajstić information content (AvgIpc) is 3.29. The molecule has 1 N–H and O–H groups in total. The lowest BCUT2D eigenvalue weighted by atomic mass is 10.1. The minimum Gasteiger partial charge on any atom is -0.493 e. The van der Waals surface area contributed by atoms with Gasteiger partial charge in [-0.25, -0.2) is 4.98 Å². The van der Waals surface area contributed by atoms with Crippen LogP contribution in [0.3, 0.4) is 0 Å². The molecule has 30 heavy (non-hydrogen) atoms. The molecule has 0 bridgehead atoms. The van der Waals surface area contributed by atoms with Crippen LogP contribution in [0.4, 0.5) is 8.78 Å². The van der Waals surface area contributed by atoms with Gasteiger partial charge in [0, 0.05) is 4.88 Å². The largest absolute Gasteiger partial charge is 0.493 e. The molecule has 0 aliphatic heterocycles. The van der Waals surface area contributed by atoms with Crippen LogP contribution in [0.15, 0.2) is 16.9 Å². The van der Waals surface area contributed by atoms with Crippen molar-refractivity contribution >= 4 is 44.3 Å². The fraction of sp³-hybridized carbons (Fsp3) is 0.300. The number of rotatable bonds is 6. The third-order valence-electron chi connectivity index (χ3n) is 4.78. The van der Waals surface area contributed by atoms with Crippen LogP contribution >= 0.6 is 22.9 Å². The van der Waals surface area contributed by atoms with Crippen molar-refractivity contribution in [3.63, 3.8) is 0 Å². The molecule has 0 saturated carbocycles. The molecule has 0 spiro atoms. The molecule has 1 aromatic carbocycles. The molecule has 2 heterocycles. The Morgan fingerprint density at radius 1 is 1.27 bits per heavy atom. The maximum atomic E-state index is 12.7. The Morgan fingerprint density at radius 3 is 2.60 bits per heavy atom. The smallest absolute Gasteiger partial charge is 0.387 e. The van der Waals surface area contributed by atoms with E-state index in [-0.39, 0.29) is 33.7 Å². The molecule has 4 rings (SSSR count). The summed E-state index contributed by atoms with van der Waals surface area (Å²) in [5.74, 6) is 0.109. The van der Waals surface area contributed by atoms with Gasteiger partial charge in [0.1, 0.15) is 4.83 Å². The predicted molar refractivity (Wildman–Crippen MR) is 112 cm³/mol. The fourth-order valence-electron chi connectivity index (χ4n) is 3.52. The average molecular weight is 455 g/mol. The van der Waals surface area contributed by atoms with Gasteiger partial charge >= 0.3 is 6.61 Å². The summed E-state index contributed by atoms with van der Waals surface area (Å²) in [6.07, 6.45) is 4.43. The van der Waals surface area contributed by atoms with Crippen molar-refractivity contribution in [1.82, 2.24) is 9.97 Å². The minimum atomic E-state index is -3.04. The van der Waals surface area contributed by atoms with Crippen molar-refractivity contribution in [3.05, 3.63) is 44.3 Å². The highest BCUT2D eigenvalue weighted by Gasteiger charge is 2.22. The molecule has 0 fully saturated rings. The lowest BCUT2D eigenvalue weighted by Crippen LogP contribution is -2.10. The molecule has 6 nitrogen and oxygen atoms in total. The summed E-state index contributed by atoms with van der Waals surface area (Å²) in [5.41, 5.74) is 1.35. The molecule has 0 atom stereocenters. The number of alkyl halides is 2. The highest BCUT2D eigenvalue weighted by atomic mass is 35.5. The van der Waals surface area contributed by atoms with E-state index in [9.17, 15) is 13.6 Å². The van der Waals surface area contributed by atoms with Crippen LogP contribution in [0.1, 0.15) is 28.2 Å². The predicted octanol–water partition coefficient (Wildman–Crippen LogP) is 4.83. The maximum Gasteiger partial charge on any atom is 0.387 e. The van der Waals surface area contributed by atoms with Gasteiger partial charge in [-0.3, -0.25) is 4.79 Å². The first kappa shape index (κ1) is 20.6. The molecule has 1 aliphatic rings. The minimum absolute atomic E-state index is 0.0527. The molecule has 1 aliphatic carbocycles. The maximum absolute atomic E-state index is 12.7. The second kappa shape index (κ2) is 8.23. The zero-order valence-corrected chi connectivity index (χ0v) is 17.6. The summed E-state index contributed by atoms with van der Waals surface area (Å²) in [4.78, 5) is 21.7. The Bertz CT molecular complexity index is 1180. The molecule has 0 amide bonds. The summed E-state index contributed by atoms with van der Waals surface area (Å²) in [6, 6.07) is 2.94. The number of hydrogen-bond donors (Lipinski definition) is 1.